The minimum Gasteiger partial charge on any atom is -0.391 e. The molecule has 1 aromatic carbocycles. The number of benzene rings is 1. The van der Waals surface area contributed by atoms with Gasteiger partial charge in [0, 0.05) is 40.2 Å². The highest BCUT2D eigenvalue weighted by Crippen LogP contribution is 2.29. The van der Waals surface area contributed by atoms with Crippen LogP contribution in [0.2, 0.25) is 0 Å². The molecule has 41 heavy (non-hydrogen) atoms. The van der Waals surface area contributed by atoms with Crippen molar-refractivity contribution in [2.24, 2.45) is 5.41 Å². The van der Waals surface area contributed by atoms with Crippen LogP contribution in [0.3, 0.4) is 0 Å². The van der Waals surface area contributed by atoms with Crippen LogP contribution in [-0.2, 0) is 19.1 Å². The largest absolute Gasteiger partial charge is 0.391 e. The van der Waals surface area contributed by atoms with Gasteiger partial charge >= 0.3 is 6.03 Å². The summed E-state index contributed by atoms with van der Waals surface area (Å²) in [5, 5.41) is 18.9. The number of aromatic nitrogens is 1. The lowest BCUT2D eigenvalue weighted by atomic mass is 9.85. The lowest BCUT2D eigenvalue weighted by molar-refractivity contribution is -0.142. The van der Waals surface area contributed by atoms with Crippen LogP contribution in [0.25, 0.3) is 10.4 Å². The van der Waals surface area contributed by atoms with Gasteiger partial charge in [0.2, 0.25) is 11.8 Å². The first kappa shape index (κ1) is 32.5. The van der Waals surface area contributed by atoms with Crippen molar-refractivity contribution in [3.05, 3.63) is 41.0 Å². The van der Waals surface area contributed by atoms with Gasteiger partial charge in [-0.1, -0.05) is 45.0 Å². The van der Waals surface area contributed by atoms with E-state index < -0.39 is 41.8 Å². The molecular weight excluding hydrogens is 546 g/mol. The molecule has 226 valence electrons. The van der Waals surface area contributed by atoms with Gasteiger partial charge in [-0.2, -0.15) is 0 Å². The summed E-state index contributed by atoms with van der Waals surface area (Å²) in [7, 11) is 3.03. The first-order chi connectivity index (χ1) is 19.3. The minimum atomic E-state index is -0.927. The number of nitrogens with zero attached hydrogens (tertiary/aromatic N) is 2. The van der Waals surface area contributed by atoms with E-state index in [9.17, 15) is 19.5 Å². The van der Waals surface area contributed by atoms with Gasteiger partial charge in [0.25, 0.3) is 0 Å². The molecular formula is C29H43N5O6S. The highest BCUT2D eigenvalue weighted by Gasteiger charge is 2.44. The number of hydrogen-bond donors (Lipinski definition) is 4. The van der Waals surface area contributed by atoms with Crippen LogP contribution < -0.4 is 16.0 Å². The van der Waals surface area contributed by atoms with Gasteiger partial charge in [-0.3, -0.25) is 9.59 Å². The number of hydrogen-bond acceptors (Lipinski definition) is 8. The Kier molecular flexibility index (Phi) is 11.3. The SMILES string of the molecule is COC(CCNC(=O)N[C@H](C(=O)N1C[C@H](O)C[C@H]1C(=O)N[C@@H](C)c1ccc(-c2scnc2C)cc1)C(C)(C)C)OC. The van der Waals surface area contributed by atoms with E-state index in [-0.39, 0.29) is 31.5 Å². The highest BCUT2D eigenvalue weighted by molar-refractivity contribution is 7.13. The molecule has 3 rings (SSSR count). The van der Waals surface area contributed by atoms with Crippen LogP contribution in [0.15, 0.2) is 29.8 Å². The molecule has 11 nitrogen and oxygen atoms in total. The second-order valence-corrected chi connectivity index (χ2v) is 12.3. The van der Waals surface area contributed by atoms with Gasteiger partial charge in [0.05, 0.1) is 28.2 Å². The molecule has 1 aliphatic rings. The van der Waals surface area contributed by atoms with Crippen LogP contribution in [-0.4, -0.2) is 84.6 Å². The monoisotopic (exact) mass is 589 g/mol. The Morgan fingerprint density at radius 2 is 1.80 bits per heavy atom. The van der Waals surface area contributed by atoms with E-state index in [1.54, 1.807) is 11.3 Å². The predicted octanol–water partition coefficient (Wildman–Crippen LogP) is 2.98. The Balaban J connectivity index is 1.66. The van der Waals surface area contributed by atoms with Crippen molar-refractivity contribution in [2.75, 3.05) is 27.3 Å². The van der Waals surface area contributed by atoms with Crippen molar-refractivity contribution in [1.29, 1.82) is 0 Å². The standard InChI is InChI=1S/C29H43N5O6S/c1-17(19-8-10-20(11-9-19)24-18(2)31-16-41-24)32-26(36)22-14-21(35)15-34(22)27(37)25(29(3,4)5)33-28(38)30-13-12-23(39-6)40-7/h8-11,16-17,21-23,25,35H,12-15H2,1-7H3,(H,32,36)(H2,30,33,38)/t17-,21+,22-,25+/m0/s1. The third-order valence-electron chi connectivity index (χ3n) is 7.22. The number of aliphatic hydroxyl groups excluding tert-OH is 1. The minimum absolute atomic E-state index is 0.00738. The number of aryl methyl sites for hydroxylation is 1. The molecule has 1 aliphatic heterocycles. The van der Waals surface area contributed by atoms with Crippen LogP contribution >= 0.6 is 11.3 Å². The molecule has 1 fully saturated rings. The zero-order chi connectivity index (χ0) is 30.3. The quantitative estimate of drug-likeness (QED) is 0.295. The van der Waals surface area contributed by atoms with Crippen molar-refractivity contribution >= 4 is 29.2 Å². The van der Waals surface area contributed by atoms with Gasteiger partial charge in [-0.25, -0.2) is 9.78 Å². The molecule has 0 bridgehead atoms. The Bertz CT molecular complexity index is 1180. The zero-order valence-electron chi connectivity index (χ0n) is 24.9. The maximum absolute atomic E-state index is 13.7. The number of amides is 4. The smallest absolute Gasteiger partial charge is 0.315 e. The van der Waals surface area contributed by atoms with E-state index in [4.69, 9.17) is 9.47 Å². The van der Waals surface area contributed by atoms with Gasteiger partial charge in [-0.15, -0.1) is 11.3 Å². The van der Waals surface area contributed by atoms with Gasteiger partial charge in [0.1, 0.15) is 12.1 Å². The van der Waals surface area contributed by atoms with E-state index in [1.165, 1.54) is 19.1 Å². The number of methoxy groups -OCH3 is 2. The molecule has 0 spiro atoms. The van der Waals surface area contributed by atoms with Crippen molar-refractivity contribution in [2.45, 2.75) is 78.0 Å². The second kappa shape index (κ2) is 14.2. The molecule has 4 N–H and O–H groups in total. The highest BCUT2D eigenvalue weighted by atomic mass is 32.1. The third-order valence-corrected chi connectivity index (χ3v) is 8.20. The number of rotatable bonds is 11. The number of carbonyl (C=O) groups excluding carboxylic acids is 3. The maximum Gasteiger partial charge on any atom is 0.315 e. The Morgan fingerprint density at radius 1 is 1.15 bits per heavy atom. The molecule has 4 amide bonds. The Hall–Kier alpha value is -3.06. The van der Waals surface area contributed by atoms with E-state index in [2.05, 4.69) is 20.9 Å². The molecule has 0 aliphatic carbocycles. The lowest BCUT2D eigenvalue weighted by Crippen LogP contribution is -2.59. The zero-order valence-corrected chi connectivity index (χ0v) is 25.7. The Labute approximate surface area is 246 Å². The first-order valence-electron chi connectivity index (χ1n) is 13.7. The summed E-state index contributed by atoms with van der Waals surface area (Å²) in [6.45, 7) is 9.64. The summed E-state index contributed by atoms with van der Waals surface area (Å²) in [6, 6.07) is 5.31. The summed E-state index contributed by atoms with van der Waals surface area (Å²) in [5.41, 5.74) is 4.10. The molecule has 12 heteroatoms. The lowest BCUT2D eigenvalue weighted by Gasteiger charge is -2.35. The van der Waals surface area contributed by atoms with Crippen molar-refractivity contribution in [1.82, 2.24) is 25.8 Å². The number of aliphatic hydroxyl groups is 1. The van der Waals surface area contributed by atoms with Crippen molar-refractivity contribution in [3.63, 3.8) is 0 Å². The number of carbonyl (C=O) groups is 3. The van der Waals surface area contributed by atoms with Crippen LogP contribution in [0, 0.1) is 12.3 Å². The summed E-state index contributed by atoms with van der Waals surface area (Å²) >= 11 is 1.58. The summed E-state index contributed by atoms with van der Waals surface area (Å²) in [6.07, 6.45) is -0.752. The Morgan fingerprint density at radius 3 is 2.37 bits per heavy atom. The number of likely N-dealkylation sites (tertiary alicyclic amines) is 1. The first-order valence-corrected chi connectivity index (χ1v) is 14.6. The van der Waals surface area contributed by atoms with Crippen LogP contribution in [0.5, 0.6) is 0 Å². The summed E-state index contributed by atoms with van der Waals surface area (Å²) in [4.78, 5) is 46.6. The second-order valence-electron chi connectivity index (χ2n) is 11.4. The number of urea groups is 1. The van der Waals surface area contributed by atoms with Crippen LogP contribution in [0.4, 0.5) is 4.79 Å². The molecule has 1 saturated heterocycles. The number of β-amino-alcohol motifs (C(OH)–C–C–N with tert-alkyl or cyclic N) is 1. The molecule has 4 atom stereocenters. The molecule has 0 unspecified atom stereocenters. The van der Waals surface area contributed by atoms with Gasteiger partial charge in [0.15, 0.2) is 6.29 Å². The van der Waals surface area contributed by atoms with Crippen molar-refractivity contribution in [3.8, 4) is 10.4 Å². The molecule has 0 radical (unpaired) electrons. The van der Waals surface area contributed by atoms with E-state index in [0.717, 1.165) is 21.7 Å². The number of thiazole rings is 1. The van der Waals surface area contributed by atoms with Crippen LogP contribution in [0.1, 0.15) is 57.8 Å². The summed E-state index contributed by atoms with van der Waals surface area (Å²) < 4.78 is 10.3. The normalized spacial score (nSPS) is 18.7. The summed E-state index contributed by atoms with van der Waals surface area (Å²) in [5.74, 6) is -0.778. The fraction of sp³-hybridized carbons (Fsp3) is 0.586. The number of ether oxygens (including phenoxy) is 2. The van der Waals surface area contributed by atoms with E-state index in [0.29, 0.717) is 6.42 Å². The fourth-order valence-corrected chi connectivity index (χ4v) is 5.64. The third kappa shape index (κ3) is 8.48. The van der Waals surface area contributed by atoms with Gasteiger partial charge < -0.3 is 35.4 Å². The average molecular weight is 590 g/mol. The van der Waals surface area contributed by atoms with E-state index in [1.807, 2.05) is 64.4 Å². The average Bonchev–Trinajstić information content (AvgIpc) is 3.54. The van der Waals surface area contributed by atoms with E-state index >= 15 is 0 Å². The fourth-order valence-electron chi connectivity index (χ4n) is 4.83. The van der Waals surface area contributed by atoms with Crippen molar-refractivity contribution < 1.29 is 29.0 Å². The van der Waals surface area contributed by atoms with Gasteiger partial charge in [-0.05, 0) is 30.4 Å². The maximum atomic E-state index is 13.7. The molecule has 0 saturated carbocycles. The predicted molar refractivity (Wildman–Crippen MR) is 157 cm³/mol. The molecule has 2 heterocycles. The number of nitrogens with one attached hydrogen (secondary N) is 3. The molecule has 1 aromatic heterocycles. The topological polar surface area (TPSA) is 142 Å². The molecule has 2 aromatic rings.